The number of halogens is 3. The van der Waals surface area contributed by atoms with Crippen molar-refractivity contribution in [3.8, 4) is 5.75 Å². The molecule has 2 aromatic heterocycles. The van der Waals surface area contributed by atoms with Crippen LogP contribution in [0.5, 0.6) is 5.75 Å². The van der Waals surface area contributed by atoms with Gasteiger partial charge in [0.05, 0.1) is 24.3 Å². The molecular weight excluding hydrogens is 572 g/mol. The van der Waals surface area contributed by atoms with Gasteiger partial charge in [-0.3, -0.25) is 9.36 Å². The van der Waals surface area contributed by atoms with E-state index in [1.165, 1.54) is 28.7 Å². The fourth-order valence-corrected chi connectivity index (χ4v) is 8.14. The number of thiazole rings is 2. The molecular formula is C26H23F3N3O2S4+. The second-order valence-electron chi connectivity index (χ2n) is 8.29. The molecule has 0 spiro atoms. The predicted octanol–water partition coefficient (Wildman–Crippen LogP) is 5.08. The zero-order valence-electron chi connectivity index (χ0n) is 20.6. The molecule has 2 aromatic carbocycles. The van der Waals surface area contributed by atoms with Crippen LogP contribution in [0.25, 0.3) is 11.1 Å². The van der Waals surface area contributed by atoms with Gasteiger partial charge in [0.1, 0.15) is 20.0 Å². The summed E-state index contributed by atoms with van der Waals surface area (Å²) in [6.07, 6.45) is 3.80. The molecule has 0 amide bonds. The van der Waals surface area contributed by atoms with Crippen molar-refractivity contribution in [1.82, 2.24) is 4.57 Å². The third-order valence-electron chi connectivity index (χ3n) is 5.96. The van der Waals surface area contributed by atoms with Gasteiger partial charge in [-0.05, 0) is 43.0 Å². The number of hydrogen-bond donors (Lipinski definition) is 0. The van der Waals surface area contributed by atoms with E-state index in [4.69, 9.17) is 4.74 Å². The maximum absolute atomic E-state index is 13.5. The Hall–Kier alpha value is -2.67. The normalized spacial score (nSPS) is 15.3. The molecule has 38 heavy (non-hydrogen) atoms. The lowest BCUT2D eigenvalue weighted by Gasteiger charge is -2.12. The van der Waals surface area contributed by atoms with Crippen LogP contribution in [0.15, 0.2) is 68.6 Å². The molecule has 5 nitrogen and oxygen atoms in total. The number of hydrogen-bond acceptors (Lipinski definition) is 7. The Balaban J connectivity index is 1.55. The summed E-state index contributed by atoms with van der Waals surface area (Å²) in [7, 11) is 3.57. The number of fused-ring (bicyclic) bond motifs is 1. The Kier molecular flexibility index (Phi) is 7.67. The molecule has 198 valence electrons. The van der Waals surface area contributed by atoms with Gasteiger partial charge in [-0.2, -0.15) is 17.7 Å². The molecule has 0 bridgehead atoms. The second kappa shape index (κ2) is 10.8. The molecule has 0 N–H and O–H groups in total. The molecule has 5 rings (SSSR count). The quantitative estimate of drug-likeness (QED) is 0.230. The Morgan fingerprint density at radius 3 is 2.71 bits per heavy atom. The molecule has 0 unspecified atom stereocenters. The summed E-state index contributed by atoms with van der Waals surface area (Å²) in [5.41, 5.74) is -2.82. The number of aromatic nitrogens is 2. The molecule has 4 aromatic rings. The number of benzene rings is 2. The van der Waals surface area contributed by atoms with Crippen molar-refractivity contribution in [2.75, 3.05) is 19.1 Å². The standard InChI is InChI=1S/C26H23F3N3O2S4/c1-4-32-22(37-23(24(32)33)25-30(2)18-10-9-17(34-3)13-20(18)36-25)14-21-31(11-12-35-21)15-16-7-5-6-8-19(16)38-26(27,28)29/h5-14H,4,15H2,1-3H3/q+1/b25-23+. The molecule has 1 aliphatic heterocycles. The van der Waals surface area contributed by atoms with Crippen molar-refractivity contribution in [3.05, 3.63) is 84.2 Å². The summed E-state index contributed by atoms with van der Waals surface area (Å²) >= 11 is 4.34. The molecule has 0 fully saturated rings. The van der Waals surface area contributed by atoms with Crippen molar-refractivity contribution < 1.29 is 22.5 Å². The highest BCUT2D eigenvalue weighted by molar-refractivity contribution is 8.08. The molecule has 0 saturated heterocycles. The van der Waals surface area contributed by atoms with Gasteiger partial charge in [-0.15, -0.1) is 11.3 Å². The monoisotopic (exact) mass is 594 g/mol. The Bertz CT molecular complexity index is 1670. The lowest BCUT2D eigenvalue weighted by atomic mass is 10.2. The highest BCUT2D eigenvalue weighted by atomic mass is 32.2. The van der Waals surface area contributed by atoms with Crippen LogP contribution < -0.4 is 29.0 Å². The first-order valence-electron chi connectivity index (χ1n) is 11.5. The van der Waals surface area contributed by atoms with Crippen LogP contribution in [0.3, 0.4) is 0 Å². The SMILES string of the molecule is CCn1c(=O)/c(=C2\Sc3cc(OC)ccc3N2C)s/c1=C\c1scc[n+]1Cc1ccccc1SC(F)(F)F. The van der Waals surface area contributed by atoms with Crippen LogP contribution in [0, 0.1) is 0 Å². The molecule has 12 heteroatoms. The molecule has 0 saturated carbocycles. The topological polar surface area (TPSA) is 38.4 Å². The second-order valence-corrected chi connectivity index (χ2v) is 12.4. The number of methoxy groups -OCH3 is 1. The maximum atomic E-state index is 13.5. The fraction of sp³-hybridized carbons (Fsp3) is 0.231. The summed E-state index contributed by atoms with van der Waals surface area (Å²) < 4.78 is 49.7. The lowest BCUT2D eigenvalue weighted by molar-refractivity contribution is -0.685. The Morgan fingerprint density at radius 1 is 1.18 bits per heavy atom. The first kappa shape index (κ1) is 26.9. The number of rotatable bonds is 6. The van der Waals surface area contributed by atoms with E-state index in [2.05, 4.69) is 0 Å². The minimum absolute atomic E-state index is 0.0621. The van der Waals surface area contributed by atoms with Gasteiger partial charge < -0.3 is 9.64 Å². The van der Waals surface area contributed by atoms with Crippen LogP contribution in [0.2, 0.25) is 0 Å². The van der Waals surface area contributed by atoms with Gasteiger partial charge in [-0.25, -0.2) is 0 Å². The summed E-state index contributed by atoms with van der Waals surface area (Å²) in [5.74, 6) is 0.759. The van der Waals surface area contributed by atoms with Crippen LogP contribution in [-0.2, 0) is 13.1 Å². The van der Waals surface area contributed by atoms with Crippen molar-refractivity contribution in [2.24, 2.45) is 0 Å². The van der Waals surface area contributed by atoms with Crippen molar-refractivity contribution in [1.29, 1.82) is 0 Å². The van der Waals surface area contributed by atoms with Crippen molar-refractivity contribution >= 4 is 63.0 Å². The molecule has 1 aliphatic rings. The first-order valence-corrected chi connectivity index (χ1v) is 14.9. The largest absolute Gasteiger partial charge is 0.497 e. The lowest BCUT2D eigenvalue weighted by Crippen LogP contribution is -2.36. The van der Waals surface area contributed by atoms with Crippen LogP contribution in [0.4, 0.5) is 18.9 Å². The molecule has 3 heterocycles. The van der Waals surface area contributed by atoms with Crippen LogP contribution in [0.1, 0.15) is 17.5 Å². The number of thioether (sulfide) groups is 2. The third kappa shape index (κ3) is 5.40. The van der Waals surface area contributed by atoms with Crippen molar-refractivity contribution in [3.63, 3.8) is 0 Å². The van der Waals surface area contributed by atoms with Gasteiger partial charge in [0.2, 0.25) is 0 Å². The molecule has 0 atom stereocenters. The van der Waals surface area contributed by atoms with Crippen LogP contribution in [-0.4, -0.2) is 24.2 Å². The summed E-state index contributed by atoms with van der Waals surface area (Å²) in [5, 5.41) is 3.60. The summed E-state index contributed by atoms with van der Waals surface area (Å²) in [6.45, 7) is 2.72. The predicted molar refractivity (Wildman–Crippen MR) is 150 cm³/mol. The van der Waals surface area contributed by atoms with E-state index >= 15 is 0 Å². The van der Waals surface area contributed by atoms with E-state index in [9.17, 15) is 18.0 Å². The van der Waals surface area contributed by atoms with Gasteiger partial charge in [0.15, 0.2) is 12.7 Å². The van der Waals surface area contributed by atoms with E-state index in [0.29, 0.717) is 16.6 Å². The van der Waals surface area contributed by atoms with E-state index in [-0.39, 0.29) is 28.8 Å². The highest BCUT2D eigenvalue weighted by Crippen LogP contribution is 2.46. The minimum atomic E-state index is -4.36. The zero-order chi connectivity index (χ0) is 27.0. The van der Waals surface area contributed by atoms with E-state index in [1.807, 2.05) is 59.3 Å². The molecule has 0 radical (unpaired) electrons. The summed E-state index contributed by atoms with van der Waals surface area (Å²) in [4.78, 5) is 16.7. The fourth-order valence-electron chi connectivity index (χ4n) is 4.14. The smallest absolute Gasteiger partial charge is 0.446 e. The van der Waals surface area contributed by atoms with Gasteiger partial charge in [0, 0.05) is 28.9 Å². The minimum Gasteiger partial charge on any atom is -0.497 e. The van der Waals surface area contributed by atoms with Crippen molar-refractivity contribution in [2.45, 2.75) is 35.3 Å². The van der Waals surface area contributed by atoms with Gasteiger partial charge in [-0.1, -0.05) is 41.3 Å². The Morgan fingerprint density at radius 2 is 1.97 bits per heavy atom. The molecule has 0 aliphatic carbocycles. The average Bonchev–Trinajstić information content (AvgIpc) is 3.54. The number of ether oxygens (including phenoxy) is 1. The summed E-state index contributed by atoms with van der Waals surface area (Å²) in [6, 6.07) is 12.4. The Labute approximate surface area is 233 Å². The van der Waals surface area contributed by atoms with Crippen LogP contribution >= 0.6 is 46.2 Å². The average molecular weight is 595 g/mol. The van der Waals surface area contributed by atoms with Gasteiger partial charge >= 0.3 is 5.51 Å². The highest BCUT2D eigenvalue weighted by Gasteiger charge is 2.31. The third-order valence-corrected chi connectivity index (χ3v) is 10.1. The zero-order valence-corrected chi connectivity index (χ0v) is 23.9. The van der Waals surface area contributed by atoms with E-state index in [0.717, 1.165) is 31.0 Å². The number of anilines is 1. The van der Waals surface area contributed by atoms with E-state index < -0.39 is 5.51 Å². The maximum Gasteiger partial charge on any atom is 0.446 e. The number of alkyl halides is 3. The first-order chi connectivity index (χ1) is 18.2. The van der Waals surface area contributed by atoms with E-state index in [1.54, 1.807) is 41.6 Å². The number of nitrogens with zero attached hydrogens (tertiary/aromatic N) is 3. The van der Waals surface area contributed by atoms with Gasteiger partial charge in [0.25, 0.3) is 10.6 Å².